The Bertz CT molecular complexity index is 1040. The molecule has 0 saturated carbocycles. The number of carbonyl (C=O) groups excluding carboxylic acids is 2. The fourth-order valence-corrected chi connectivity index (χ4v) is 3.90. The number of likely N-dealkylation sites (N-methyl/N-ethyl adjacent to an activating group) is 1. The summed E-state index contributed by atoms with van der Waals surface area (Å²) < 4.78 is 24.8. The van der Waals surface area contributed by atoms with Gasteiger partial charge in [-0.25, -0.2) is 8.42 Å². The molecule has 0 unspecified atom stereocenters. The van der Waals surface area contributed by atoms with Gasteiger partial charge in [0.2, 0.25) is 10.0 Å². The van der Waals surface area contributed by atoms with Gasteiger partial charge in [0.15, 0.2) is 5.78 Å². The standard InChI is InChI=1S/C20H22ClN3O4S/c1-23(9-10-24-12-15-3-6-16(21)11-18(15)20(24)26)13-19(25)14-4-7-17(8-5-14)22-29(2,27)28/h3-8,11,22H,9-10,12-13H2,1-2H3. The van der Waals surface area contributed by atoms with Crippen LogP contribution >= 0.6 is 11.6 Å². The number of halogens is 1. The Hall–Kier alpha value is -2.42. The lowest BCUT2D eigenvalue weighted by molar-refractivity contribution is 0.0761. The minimum Gasteiger partial charge on any atom is -0.333 e. The Labute approximate surface area is 175 Å². The number of rotatable bonds is 8. The molecule has 1 amide bonds. The smallest absolute Gasteiger partial charge is 0.254 e. The summed E-state index contributed by atoms with van der Waals surface area (Å²) in [7, 11) is -1.53. The van der Waals surface area contributed by atoms with Crippen molar-refractivity contribution in [1.29, 1.82) is 0 Å². The van der Waals surface area contributed by atoms with E-state index in [0.29, 0.717) is 41.5 Å². The van der Waals surface area contributed by atoms with Gasteiger partial charge in [-0.15, -0.1) is 0 Å². The topological polar surface area (TPSA) is 86.8 Å². The third-order valence-corrected chi connectivity index (χ3v) is 5.47. The van der Waals surface area contributed by atoms with Crippen LogP contribution in [0.15, 0.2) is 42.5 Å². The first kappa shape index (κ1) is 21.3. The van der Waals surface area contributed by atoms with E-state index in [2.05, 4.69) is 4.72 Å². The van der Waals surface area contributed by atoms with Gasteiger partial charge in [0.1, 0.15) is 0 Å². The average molecular weight is 436 g/mol. The molecular weight excluding hydrogens is 414 g/mol. The molecule has 29 heavy (non-hydrogen) atoms. The molecule has 2 aromatic carbocycles. The zero-order valence-electron chi connectivity index (χ0n) is 16.2. The van der Waals surface area contributed by atoms with Crippen molar-refractivity contribution in [2.24, 2.45) is 0 Å². The highest BCUT2D eigenvalue weighted by molar-refractivity contribution is 7.92. The molecule has 154 valence electrons. The molecular formula is C20H22ClN3O4S. The third kappa shape index (κ3) is 5.56. The van der Waals surface area contributed by atoms with Crippen molar-refractivity contribution >= 4 is 39.0 Å². The van der Waals surface area contributed by atoms with Crippen LogP contribution in [0.3, 0.4) is 0 Å². The largest absolute Gasteiger partial charge is 0.333 e. The van der Waals surface area contributed by atoms with Crippen LogP contribution in [0.25, 0.3) is 0 Å². The van der Waals surface area contributed by atoms with Gasteiger partial charge in [0, 0.05) is 41.5 Å². The molecule has 0 aliphatic carbocycles. The number of hydrogen-bond donors (Lipinski definition) is 1. The summed E-state index contributed by atoms with van der Waals surface area (Å²) in [4.78, 5) is 28.5. The van der Waals surface area contributed by atoms with Gasteiger partial charge in [-0.05, 0) is 49.0 Å². The first-order valence-corrected chi connectivity index (χ1v) is 11.3. The minimum absolute atomic E-state index is 0.0452. The molecule has 1 N–H and O–H groups in total. The maximum atomic E-state index is 12.5. The summed E-state index contributed by atoms with van der Waals surface area (Å²) in [5.74, 6) is -0.127. The van der Waals surface area contributed by atoms with Crippen molar-refractivity contribution in [1.82, 2.24) is 9.80 Å². The van der Waals surface area contributed by atoms with Gasteiger partial charge in [0.25, 0.3) is 5.91 Å². The Kier molecular flexibility index (Phi) is 6.26. The van der Waals surface area contributed by atoms with Crippen LogP contribution in [-0.2, 0) is 16.6 Å². The molecule has 0 atom stereocenters. The number of amides is 1. The lowest BCUT2D eigenvalue weighted by Gasteiger charge is -2.21. The van der Waals surface area contributed by atoms with Gasteiger partial charge in [-0.2, -0.15) is 0 Å². The monoisotopic (exact) mass is 435 g/mol. The van der Waals surface area contributed by atoms with E-state index in [9.17, 15) is 18.0 Å². The van der Waals surface area contributed by atoms with Crippen LogP contribution in [-0.4, -0.2) is 62.8 Å². The van der Waals surface area contributed by atoms with E-state index in [1.807, 2.05) is 18.0 Å². The summed E-state index contributed by atoms with van der Waals surface area (Å²) in [6.45, 7) is 1.79. The lowest BCUT2D eigenvalue weighted by Crippen LogP contribution is -2.35. The Morgan fingerprint density at radius 1 is 1.21 bits per heavy atom. The maximum absolute atomic E-state index is 12.5. The van der Waals surface area contributed by atoms with Gasteiger partial charge in [-0.3, -0.25) is 19.2 Å². The predicted octanol–water partition coefficient (Wildman–Crippen LogP) is 2.48. The van der Waals surface area contributed by atoms with E-state index >= 15 is 0 Å². The molecule has 0 radical (unpaired) electrons. The number of anilines is 1. The molecule has 0 spiro atoms. The van der Waals surface area contributed by atoms with Crippen molar-refractivity contribution in [3.8, 4) is 0 Å². The number of nitrogens with one attached hydrogen (secondary N) is 1. The van der Waals surface area contributed by atoms with Crippen LogP contribution in [0.2, 0.25) is 5.02 Å². The molecule has 1 aliphatic rings. The lowest BCUT2D eigenvalue weighted by atomic mass is 10.1. The normalized spacial score (nSPS) is 13.7. The van der Waals surface area contributed by atoms with Crippen molar-refractivity contribution in [2.75, 3.05) is 37.7 Å². The molecule has 3 rings (SSSR count). The molecule has 9 heteroatoms. The van der Waals surface area contributed by atoms with Gasteiger partial charge >= 0.3 is 0 Å². The summed E-state index contributed by atoms with van der Waals surface area (Å²) in [6.07, 6.45) is 1.07. The minimum atomic E-state index is -3.35. The average Bonchev–Trinajstić information content (AvgIpc) is 2.95. The fourth-order valence-electron chi connectivity index (χ4n) is 3.16. The first-order valence-electron chi connectivity index (χ1n) is 9.00. The predicted molar refractivity (Wildman–Crippen MR) is 113 cm³/mol. The Morgan fingerprint density at radius 2 is 1.90 bits per heavy atom. The van der Waals surface area contributed by atoms with Crippen LogP contribution in [0.1, 0.15) is 26.3 Å². The molecule has 0 bridgehead atoms. The highest BCUT2D eigenvalue weighted by atomic mass is 35.5. The van der Waals surface area contributed by atoms with E-state index in [-0.39, 0.29) is 18.2 Å². The summed E-state index contributed by atoms with van der Waals surface area (Å²) >= 11 is 5.97. The van der Waals surface area contributed by atoms with Gasteiger partial charge in [-0.1, -0.05) is 17.7 Å². The van der Waals surface area contributed by atoms with Crippen LogP contribution in [0.4, 0.5) is 5.69 Å². The van der Waals surface area contributed by atoms with E-state index in [1.54, 1.807) is 41.3 Å². The molecule has 0 fully saturated rings. The van der Waals surface area contributed by atoms with Crippen molar-refractivity contribution in [2.45, 2.75) is 6.54 Å². The van der Waals surface area contributed by atoms with E-state index < -0.39 is 10.0 Å². The number of Topliss-reactive ketones (excluding diaryl/α,β-unsaturated/α-hetero) is 1. The Balaban J connectivity index is 1.51. The molecule has 2 aromatic rings. The zero-order chi connectivity index (χ0) is 21.2. The quantitative estimate of drug-likeness (QED) is 0.644. The molecule has 1 heterocycles. The molecule has 0 aromatic heterocycles. The number of fused-ring (bicyclic) bond motifs is 1. The van der Waals surface area contributed by atoms with Crippen molar-refractivity contribution in [3.63, 3.8) is 0 Å². The second-order valence-electron chi connectivity index (χ2n) is 7.14. The Morgan fingerprint density at radius 3 is 2.55 bits per heavy atom. The fraction of sp³-hybridized carbons (Fsp3) is 0.300. The zero-order valence-corrected chi connectivity index (χ0v) is 17.8. The summed E-state index contributed by atoms with van der Waals surface area (Å²) in [5, 5.41) is 0.541. The number of ketones is 1. The molecule has 7 nitrogen and oxygen atoms in total. The van der Waals surface area contributed by atoms with Crippen LogP contribution < -0.4 is 4.72 Å². The molecule has 1 aliphatic heterocycles. The number of sulfonamides is 1. The second-order valence-corrected chi connectivity index (χ2v) is 9.33. The maximum Gasteiger partial charge on any atom is 0.254 e. The van der Waals surface area contributed by atoms with Crippen molar-refractivity contribution < 1.29 is 18.0 Å². The van der Waals surface area contributed by atoms with Gasteiger partial charge in [0.05, 0.1) is 12.8 Å². The SMILES string of the molecule is CN(CCN1Cc2ccc(Cl)cc2C1=O)CC(=O)c1ccc(NS(C)(=O)=O)cc1. The first-order chi connectivity index (χ1) is 13.6. The number of hydrogen-bond acceptors (Lipinski definition) is 5. The van der Waals surface area contributed by atoms with Gasteiger partial charge < -0.3 is 4.90 Å². The summed E-state index contributed by atoms with van der Waals surface area (Å²) in [6, 6.07) is 11.6. The van der Waals surface area contributed by atoms with Crippen LogP contribution in [0.5, 0.6) is 0 Å². The highest BCUT2D eigenvalue weighted by Crippen LogP contribution is 2.25. The number of nitrogens with zero attached hydrogens (tertiary/aromatic N) is 2. The van der Waals surface area contributed by atoms with E-state index in [1.165, 1.54) is 0 Å². The van der Waals surface area contributed by atoms with E-state index in [0.717, 1.165) is 11.8 Å². The number of carbonyl (C=O) groups is 2. The van der Waals surface area contributed by atoms with Crippen LogP contribution in [0, 0.1) is 0 Å². The second kappa shape index (κ2) is 8.52. The highest BCUT2D eigenvalue weighted by Gasteiger charge is 2.27. The van der Waals surface area contributed by atoms with Crippen molar-refractivity contribution in [3.05, 3.63) is 64.2 Å². The summed E-state index contributed by atoms with van der Waals surface area (Å²) in [5.41, 5.74) is 2.50. The van der Waals surface area contributed by atoms with E-state index in [4.69, 9.17) is 11.6 Å². The third-order valence-electron chi connectivity index (χ3n) is 4.63. The number of benzene rings is 2. The molecule has 0 saturated heterocycles.